The molecule has 0 fully saturated rings. The van der Waals surface area contributed by atoms with Gasteiger partial charge in [0, 0.05) is 26.2 Å². The van der Waals surface area contributed by atoms with Crippen LogP contribution < -0.4 is 16.0 Å². The Morgan fingerprint density at radius 1 is 1.21 bits per heavy atom. The summed E-state index contributed by atoms with van der Waals surface area (Å²) in [5.74, 6) is -0.485. The second kappa shape index (κ2) is 6.32. The van der Waals surface area contributed by atoms with Crippen LogP contribution in [-0.2, 0) is 14.1 Å². The van der Waals surface area contributed by atoms with Crippen molar-refractivity contribution in [1.29, 1.82) is 0 Å². The number of non-ortho nitro benzene ring substituents is 1. The lowest BCUT2D eigenvalue weighted by Crippen LogP contribution is -2.36. The van der Waals surface area contributed by atoms with Gasteiger partial charge in [0.25, 0.3) is 11.2 Å². The first-order chi connectivity index (χ1) is 11.3. The highest BCUT2D eigenvalue weighted by atomic mass is 16.6. The third kappa shape index (κ3) is 2.86. The van der Waals surface area contributed by atoms with E-state index in [-0.39, 0.29) is 17.1 Å². The number of nitrogens with zero attached hydrogens (tertiary/aromatic N) is 5. The third-order valence-corrected chi connectivity index (χ3v) is 3.24. The Kier molecular flexibility index (Phi) is 4.44. The zero-order chi connectivity index (χ0) is 18.0. The fourth-order valence-electron chi connectivity index (χ4n) is 1.88. The van der Waals surface area contributed by atoms with Gasteiger partial charge in [-0.3, -0.25) is 24.0 Å². The fourth-order valence-corrected chi connectivity index (χ4v) is 1.88. The van der Waals surface area contributed by atoms with Crippen LogP contribution >= 0.6 is 0 Å². The number of hydrogen-bond acceptors (Lipinski definition) is 8. The van der Waals surface area contributed by atoms with Crippen LogP contribution in [0.4, 0.5) is 17.1 Å². The minimum Gasteiger partial charge on any atom is -0.494 e. The second-order valence-electron chi connectivity index (χ2n) is 4.69. The summed E-state index contributed by atoms with van der Waals surface area (Å²) >= 11 is 0. The maximum Gasteiger partial charge on any atom is 0.333 e. The molecule has 0 spiro atoms. The second-order valence-corrected chi connectivity index (χ2v) is 4.69. The van der Waals surface area contributed by atoms with E-state index in [1.54, 1.807) is 0 Å². The van der Waals surface area contributed by atoms with Crippen molar-refractivity contribution in [3.8, 4) is 11.6 Å². The van der Waals surface area contributed by atoms with Gasteiger partial charge in [0.05, 0.1) is 12.0 Å². The highest BCUT2D eigenvalue weighted by molar-refractivity contribution is 5.58. The lowest BCUT2D eigenvalue weighted by Gasteiger charge is -2.06. The van der Waals surface area contributed by atoms with Crippen LogP contribution in [0.5, 0.6) is 11.6 Å². The monoisotopic (exact) mass is 335 g/mol. The molecule has 0 bridgehead atoms. The summed E-state index contributed by atoms with van der Waals surface area (Å²) in [4.78, 5) is 33.9. The normalized spacial score (nSPS) is 11.0. The lowest BCUT2D eigenvalue weighted by atomic mass is 10.2. The van der Waals surface area contributed by atoms with E-state index < -0.39 is 27.7 Å². The Bertz CT molecular complexity index is 959. The van der Waals surface area contributed by atoms with E-state index in [4.69, 9.17) is 4.74 Å². The van der Waals surface area contributed by atoms with Gasteiger partial charge in [-0.15, -0.1) is 10.2 Å². The molecular weight excluding hydrogens is 322 g/mol. The van der Waals surface area contributed by atoms with Gasteiger partial charge in [-0.1, -0.05) is 0 Å². The number of aromatic nitrogens is 2. The molecule has 11 heteroatoms. The van der Waals surface area contributed by atoms with Crippen molar-refractivity contribution in [3.63, 3.8) is 0 Å². The van der Waals surface area contributed by atoms with E-state index in [2.05, 4.69) is 10.2 Å². The van der Waals surface area contributed by atoms with Crippen molar-refractivity contribution in [2.24, 2.45) is 24.3 Å². The first-order valence-electron chi connectivity index (χ1n) is 6.51. The third-order valence-electron chi connectivity index (χ3n) is 3.24. The Hall–Kier alpha value is -3.50. The van der Waals surface area contributed by atoms with Crippen LogP contribution in [0.1, 0.15) is 0 Å². The summed E-state index contributed by atoms with van der Waals surface area (Å²) in [6.45, 7) is 0. The molecule has 0 aliphatic carbocycles. The summed E-state index contributed by atoms with van der Waals surface area (Å²) in [7, 11) is 3.81. The molecule has 0 aliphatic heterocycles. The van der Waals surface area contributed by atoms with Gasteiger partial charge < -0.3 is 9.84 Å². The van der Waals surface area contributed by atoms with Crippen LogP contribution in [0.15, 0.2) is 38.0 Å². The number of ether oxygens (including phenoxy) is 1. The molecule has 126 valence electrons. The SMILES string of the molecule is COc1ccc([N+](=O)[O-])cc1N=Nc1c(O)n(C)c(=O)n(C)c1=O. The molecule has 1 aromatic heterocycles. The van der Waals surface area contributed by atoms with Gasteiger partial charge in [-0.25, -0.2) is 4.79 Å². The van der Waals surface area contributed by atoms with Crippen molar-refractivity contribution in [2.75, 3.05) is 7.11 Å². The Morgan fingerprint density at radius 3 is 2.46 bits per heavy atom. The van der Waals surface area contributed by atoms with E-state index >= 15 is 0 Å². The number of hydrogen-bond donors (Lipinski definition) is 1. The highest BCUT2D eigenvalue weighted by Crippen LogP contribution is 2.33. The average Bonchev–Trinajstić information content (AvgIpc) is 2.57. The number of methoxy groups -OCH3 is 1. The summed E-state index contributed by atoms with van der Waals surface area (Å²) in [5, 5.41) is 28.1. The molecule has 1 N–H and O–H groups in total. The number of rotatable bonds is 4. The summed E-state index contributed by atoms with van der Waals surface area (Å²) in [5.41, 5.74) is -2.33. The predicted octanol–water partition coefficient (Wildman–Crippen LogP) is 1.12. The van der Waals surface area contributed by atoms with E-state index in [0.717, 1.165) is 15.2 Å². The summed E-state index contributed by atoms with van der Waals surface area (Å²) < 4.78 is 6.59. The smallest absolute Gasteiger partial charge is 0.333 e. The van der Waals surface area contributed by atoms with Crippen LogP contribution in [0.25, 0.3) is 0 Å². The molecule has 2 aromatic rings. The molecule has 0 unspecified atom stereocenters. The maximum atomic E-state index is 12.0. The quantitative estimate of drug-likeness (QED) is 0.504. The van der Waals surface area contributed by atoms with Crippen LogP contribution in [0.2, 0.25) is 0 Å². The van der Waals surface area contributed by atoms with Gasteiger partial charge in [0.15, 0.2) is 0 Å². The van der Waals surface area contributed by atoms with Crippen molar-refractivity contribution in [1.82, 2.24) is 9.13 Å². The van der Waals surface area contributed by atoms with Crippen molar-refractivity contribution in [2.45, 2.75) is 0 Å². The molecule has 0 saturated heterocycles. The van der Waals surface area contributed by atoms with Gasteiger partial charge >= 0.3 is 5.69 Å². The molecule has 1 heterocycles. The zero-order valence-corrected chi connectivity index (χ0v) is 13.0. The van der Waals surface area contributed by atoms with E-state index in [9.17, 15) is 24.8 Å². The van der Waals surface area contributed by atoms with Gasteiger partial charge in [-0.05, 0) is 6.07 Å². The first kappa shape index (κ1) is 16.9. The minimum atomic E-state index is -0.858. The molecule has 24 heavy (non-hydrogen) atoms. The van der Waals surface area contributed by atoms with Crippen LogP contribution in [0.3, 0.4) is 0 Å². The molecule has 0 amide bonds. The predicted molar refractivity (Wildman–Crippen MR) is 82.4 cm³/mol. The van der Waals surface area contributed by atoms with Crippen LogP contribution in [0, 0.1) is 10.1 Å². The molecule has 0 saturated carbocycles. The number of aromatic hydroxyl groups is 1. The molecule has 0 atom stereocenters. The van der Waals surface area contributed by atoms with E-state index in [1.165, 1.54) is 33.3 Å². The van der Waals surface area contributed by atoms with Gasteiger partial charge in [0.1, 0.15) is 11.4 Å². The average molecular weight is 335 g/mol. The summed E-state index contributed by atoms with van der Waals surface area (Å²) in [6.07, 6.45) is 0. The standard InChI is InChI=1S/C13H13N5O6/c1-16-11(19)10(12(20)17(2)13(16)21)15-14-8-6-7(18(22)23)4-5-9(8)24-3/h4-6,19H,1-3H3. The molecule has 1 aromatic carbocycles. The first-order valence-corrected chi connectivity index (χ1v) is 6.51. The van der Waals surface area contributed by atoms with Crippen molar-refractivity contribution in [3.05, 3.63) is 49.2 Å². The minimum absolute atomic E-state index is 0.0120. The maximum absolute atomic E-state index is 12.0. The Morgan fingerprint density at radius 2 is 1.88 bits per heavy atom. The topological polar surface area (TPSA) is 141 Å². The summed E-state index contributed by atoms with van der Waals surface area (Å²) in [6, 6.07) is 3.65. The van der Waals surface area contributed by atoms with Gasteiger partial charge in [-0.2, -0.15) is 0 Å². The van der Waals surface area contributed by atoms with Crippen molar-refractivity contribution >= 4 is 17.1 Å². The number of nitro groups is 1. The van der Waals surface area contributed by atoms with E-state index in [0.29, 0.717) is 0 Å². The lowest BCUT2D eigenvalue weighted by molar-refractivity contribution is -0.384. The molecular formula is C13H13N5O6. The molecule has 0 radical (unpaired) electrons. The highest BCUT2D eigenvalue weighted by Gasteiger charge is 2.16. The van der Waals surface area contributed by atoms with Crippen molar-refractivity contribution < 1.29 is 14.8 Å². The van der Waals surface area contributed by atoms with E-state index in [1.807, 2.05) is 0 Å². The largest absolute Gasteiger partial charge is 0.494 e. The zero-order valence-electron chi connectivity index (χ0n) is 13.0. The van der Waals surface area contributed by atoms with Crippen LogP contribution in [-0.4, -0.2) is 26.3 Å². The molecule has 2 rings (SSSR count). The Labute approximate surface area is 134 Å². The fraction of sp³-hybridized carbons (Fsp3) is 0.231. The molecule has 0 aliphatic rings. The number of azo groups is 1. The Balaban J connectivity index is 2.61. The number of benzene rings is 1. The molecule has 11 nitrogen and oxygen atoms in total. The number of nitro benzene ring substituents is 1. The van der Waals surface area contributed by atoms with Gasteiger partial charge in [0.2, 0.25) is 11.6 Å².